The number of ketones is 1. The first-order chi connectivity index (χ1) is 12.5. The summed E-state index contributed by atoms with van der Waals surface area (Å²) in [5, 5.41) is 10.4. The van der Waals surface area contributed by atoms with E-state index in [9.17, 15) is 14.9 Å². The molecular weight excluding hydrogens is 330 g/mol. The monoisotopic (exact) mass is 347 g/mol. The van der Waals surface area contributed by atoms with Crippen LogP contribution in [-0.2, 0) is 9.53 Å². The largest absolute Gasteiger partial charge is 0.444 e. The fraction of sp³-hybridized carbons (Fsp3) is 0.250. The fourth-order valence-corrected chi connectivity index (χ4v) is 3.71. The highest BCUT2D eigenvalue weighted by molar-refractivity contribution is 5.99. The number of aromatic amines is 1. The number of nitrogens with one attached hydrogen (secondary N) is 1. The molecule has 1 unspecified atom stereocenters. The molecule has 1 aliphatic heterocycles. The lowest BCUT2D eigenvalue weighted by atomic mass is 9.78. The minimum atomic E-state index is -0.786. The third-order valence-corrected chi connectivity index (χ3v) is 4.95. The third kappa shape index (κ3) is 2.40. The van der Waals surface area contributed by atoms with Crippen molar-refractivity contribution in [2.45, 2.75) is 32.1 Å². The fourth-order valence-electron chi connectivity index (χ4n) is 3.71. The van der Waals surface area contributed by atoms with E-state index in [4.69, 9.17) is 10.5 Å². The van der Waals surface area contributed by atoms with E-state index in [2.05, 4.69) is 4.98 Å². The Labute approximate surface area is 149 Å². The number of carbonyl (C=O) groups is 1. The number of hydrogen-bond acceptors (Lipinski definition) is 5. The van der Waals surface area contributed by atoms with Gasteiger partial charge >= 0.3 is 0 Å². The zero-order valence-electron chi connectivity index (χ0n) is 14.3. The van der Waals surface area contributed by atoms with Gasteiger partial charge in [0.15, 0.2) is 5.78 Å². The van der Waals surface area contributed by atoms with Crippen LogP contribution in [0, 0.1) is 18.3 Å². The van der Waals surface area contributed by atoms with Crippen LogP contribution in [0.5, 0.6) is 0 Å². The summed E-state index contributed by atoms with van der Waals surface area (Å²) in [5.41, 5.74) is 8.17. The maximum absolute atomic E-state index is 12.8. The van der Waals surface area contributed by atoms with E-state index in [-0.39, 0.29) is 22.8 Å². The topological polar surface area (TPSA) is 109 Å². The van der Waals surface area contributed by atoms with E-state index in [0.29, 0.717) is 41.7 Å². The number of hydrogen-bond donors (Lipinski definition) is 2. The number of aromatic nitrogens is 1. The molecule has 2 aliphatic rings. The average molecular weight is 347 g/mol. The van der Waals surface area contributed by atoms with Crippen LogP contribution >= 0.6 is 0 Å². The summed E-state index contributed by atoms with van der Waals surface area (Å²) in [5.74, 6) is -0.439. The smallest absolute Gasteiger partial charge is 0.252 e. The lowest BCUT2D eigenvalue weighted by Gasteiger charge is -2.30. The number of nitriles is 1. The van der Waals surface area contributed by atoms with Gasteiger partial charge in [0.2, 0.25) is 5.88 Å². The second-order valence-corrected chi connectivity index (χ2v) is 6.68. The molecule has 1 aromatic carbocycles. The van der Waals surface area contributed by atoms with Gasteiger partial charge in [-0.05, 0) is 36.4 Å². The van der Waals surface area contributed by atoms with E-state index in [1.807, 2.05) is 31.2 Å². The normalized spacial score (nSPS) is 20.0. The Bertz CT molecular complexity index is 1120. The first-order valence-corrected chi connectivity index (χ1v) is 8.47. The van der Waals surface area contributed by atoms with Crippen LogP contribution in [0.2, 0.25) is 0 Å². The minimum Gasteiger partial charge on any atom is -0.444 e. The first kappa shape index (κ1) is 16.2. The Morgan fingerprint density at radius 1 is 1.27 bits per heavy atom. The molecule has 130 valence electrons. The molecule has 6 nitrogen and oxygen atoms in total. The average Bonchev–Trinajstić information content (AvgIpc) is 2.60. The van der Waals surface area contributed by atoms with E-state index in [0.717, 1.165) is 10.9 Å². The molecule has 4 rings (SSSR count). The molecule has 2 aromatic rings. The highest BCUT2D eigenvalue weighted by Gasteiger charge is 2.39. The van der Waals surface area contributed by atoms with Gasteiger partial charge in [-0.2, -0.15) is 5.26 Å². The molecule has 0 fully saturated rings. The van der Waals surface area contributed by atoms with Gasteiger partial charge in [-0.1, -0.05) is 12.1 Å². The van der Waals surface area contributed by atoms with Crippen LogP contribution in [0.25, 0.3) is 10.9 Å². The van der Waals surface area contributed by atoms with Crippen LogP contribution in [0.1, 0.15) is 36.3 Å². The molecule has 1 aromatic heterocycles. The number of pyridine rings is 1. The summed E-state index contributed by atoms with van der Waals surface area (Å²) in [6.07, 6.45) is 1.62. The van der Waals surface area contributed by atoms with Gasteiger partial charge in [0.25, 0.3) is 5.56 Å². The Kier molecular flexibility index (Phi) is 3.66. The van der Waals surface area contributed by atoms with Crippen molar-refractivity contribution >= 4 is 16.7 Å². The number of ether oxygens (including phenoxy) is 1. The highest BCUT2D eigenvalue weighted by Crippen LogP contribution is 2.42. The standard InChI is InChI=1S/C20H17N3O3/c1-10-5-6-11-8-12(20(25)23-14(11)7-10)17-13(9-21)19(22)26-16-4-2-3-15(24)18(16)17/h5-8,17H,2-4,22H2,1H3,(H,23,25). The van der Waals surface area contributed by atoms with Crippen LogP contribution in [0.15, 0.2) is 51.8 Å². The van der Waals surface area contributed by atoms with Crippen molar-refractivity contribution in [3.05, 3.63) is 68.5 Å². The Hall–Kier alpha value is -3.33. The maximum Gasteiger partial charge on any atom is 0.252 e. The van der Waals surface area contributed by atoms with Crippen LogP contribution in [0.3, 0.4) is 0 Å². The van der Waals surface area contributed by atoms with Crippen molar-refractivity contribution in [1.82, 2.24) is 4.98 Å². The van der Waals surface area contributed by atoms with Crippen LogP contribution in [-0.4, -0.2) is 10.8 Å². The summed E-state index contributed by atoms with van der Waals surface area (Å²) >= 11 is 0. The molecule has 2 heterocycles. The highest BCUT2D eigenvalue weighted by atomic mass is 16.5. The zero-order valence-corrected chi connectivity index (χ0v) is 14.3. The van der Waals surface area contributed by atoms with Gasteiger partial charge in [-0.15, -0.1) is 0 Å². The number of H-pyrrole nitrogens is 1. The number of fused-ring (bicyclic) bond motifs is 1. The molecule has 26 heavy (non-hydrogen) atoms. The van der Waals surface area contributed by atoms with E-state index in [1.54, 1.807) is 6.07 Å². The Morgan fingerprint density at radius 3 is 2.85 bits per heavy atom. The first-order valence-electron chi connectivity index (χ1n) is 8.47. The number of nitrogens with zero attached hydrogens (tertiary/aromatic N) is 1. The van der Waals surface area contributed by atoms with Crippen molar-refractivity contribution in [1.29, 1.82) is 5.26 Å². The summed E-state index contributed by atoms with van der Waals surface area (Å²) in [6, 6.07) is 9.50. The van der Waals surface area contributed by atoms with Crippen molar-refractivity contribution < 1.29 is 9.53 Å². The van der Waals surface area contributed by atoms with Crippen molar-refractivity contribution in [2.75, 3.05) is 0 Å². The van der Waals surface area contributed by atoms with Gasteiger partial charge in [0.05, 0.1) is 5.92 Å². The summed E-state index contributed by atoms with van der Waals surface area (Å²) in [4.78, 5) is 28.2. The number of nitrogens with two attached hydrogens (primary N) is 1. The molecule has 0 bridgehead atoms. The van der Waals surface area contributed by atoms with Gasteiger partial charge in [0.1, 0.15) is 17.4 Å². The molecule has 3 N–H and O–H groups in total. The summed E-state index contributed by atoms with van der Waals surface area (Å²) in [7, 11) is 0. The minimum absolute atomic E-state index is 0.0330. The number of rotatable bonds is 1. The molecule has 6 heteroatoms. The lowest BCUT2D eigenvalue weighted by molar-refractivity contribution is -0.116. The number of Topliss-reactive ketones (excluding diaryl/α,β-unsaturated/α-hetero) is 1. The predicted octanol–water partition coefficient (Wildman–Crippen LogP) is 2.65. The Balaban J connectivity index is 1.99. The Morgan fingerprint density at radius 2 is 2.08 bits per heavy atom. The number of aryl methyl sites for hydroxylation is 1. The second kappa shape index (κ2) is 5.88. The van der Waals surface area contributed by atoms with Crippen LogP contribution < -0.4 is 11.3 Å². The molecule has 0 amide bonds. The van der Waals surface area contributed by atoms with Crippen LogP contribution in [0.4, 0.5) is 0 Å². The third-order valence-electron chi connectivity index (χ3n) is 4.95. The van der Waals surface area contributed by atoms with Crippen molar-refractivity contribution in [3.8, 4) is 6.07 Å². The second-order valence-electron chi connectivity index (χ2n) is 6.68. The number of carbonyl (C=O) groups excluding carboxylic acids is 1. The van der Waals surface area contributed by atoms with Gasteiger partial charge < -0.3 is 15.5 Å². The SMILES string of the molecule is Cc1ccc2cc(C3C(C#N)=C(N)OC4=C3C(=O)CCC4)c(=O)[nH]c2c1. The summed E-state index contributed by atoms with van der Waals surface area (Å²) < 4.78 is 5.54. The quantitative estimate of drug-likeness (QED) is 0.824. The number of allylic oxidation sites excluding steroid dienone is 3. The zero-order chi connectivity index (χ0) is 18.4. The molecule has 1 atom stereocenters. The van der Waals surface area contributed by atoms with Crippen molar-refractivity contribution in [3.63, 3.8) is 0 Å². The summed E-state index contributed by atoms with van der Waals surface area (Å²) in [6.45, 7) is 1.94. The maximum atomic E-state index is 12.8. The van der Waals surface area contributed by atoms with E-state index < -0.39 is 5.92 Å². The molecule has 0 saturated carbocycles. The van der Waals surface area contributed by atoms with Gasteiger partial charge in [-0.3, -0.25) is 9.59 Å². The van der Waals surface area contributed by atoms with E-state index >= 15 is 0 Å². The van der Waals surface area contributed by atoms with Crippen molar-refractivity contribution in [2.24, 2.45) is 5.73 Å². The molecular formula is C20H17N3O3. The molecule has 0 saturated heterocycles. The van der Waals surface area contributed by atoms with Gasteiger partial charge in [-0.25, -0.2) is 0 Å². The molecule has 0 spiro atoms. The molecule has 1 aliphatic carbocycles. The van der Waals surface area contributed by atoms with E-state index in [1.165, 1.54) is 0 Å². The number of benzene rings is 1. The predicted molar refractivity (Wildman–Crippen MR) is 95.8 cm³/mol. The molecule has 0 radical (unpaired) electrons. The lowest BCUT2D eigenvalue weighted by Crippen LogP contribution is -2.30. The van der Waals surface area contributed by atoms with Gasteiger partial charge in [0, 0.05) is 29.5 Å².